The molecule has 1 amide bonds. The lowest BCUT2D eigenvalue weighted by atomic mass is 10.1. The van der Waals surface area contributed by atoms with E-state index >= 15 is 0 Å². The highest BCUT2D eigenvalue weighted by Crippen LogP contribution is 2.28. The van der Waals surface area contributed by atoms with E-state index in [1.165, 1.54) is 17.4 Å². The zero-order valence-corrected chi connectivity index (χ0v) is 17.0. The van der Waals surface area contributed by atoms with Crippen LogP contribution in [0.2, 0.25) is 0 Å². The van der Waals surface area contributed by atoms with Crippen molar-refractivity contribution >= 4 is 33.5 Å². The van der Waals surface area contributed by atoms with Crippen LogP contribution in [0.15, 0.2) is 18.5 Å². The number of anilines is 1. The Morgan fingerprint density at radius 3 is 2.97 bits per heavy atom. The number of nitrogens with two attached hydrogens (primary N) is 1. The van der Waals surface area contributed by atoms with Crippen LogP contribution >= 0.6 is 11.3 Å². The van der Waals surface area contributed by atoms with Crippen molar-refractivity contribution < 1.29 is 9.18 Å². The normalized spacial score (nSPS) is 17.7. The number of rotatable bonds is 5. The van der Waals surface area contributed by atoms with E-state index in [0.29, 0.717) is 47.2 Å². The number of carbonyl (C=O) groups excluding carboxylic acids is 1. The number of hydrogen-bond donors (Lipinski definition) is 2. The van der Waals surface area contributed by atoms with Gasteiger partial charge in [0.1, 0.15) is 10.5 Å². The summed E-state index contributed by atoms with van der Waals surface area (Å²) in [7, 11) is 0. The lowest BCUT2D eigenvalue weighted by Crippen LogP contribution is -2.31. The summed E-state index contributed by atoms with van der Waals surface area (Å²) in [6.45, 7) is 5.58. The fourth-order valence-electron chi connectivity index (χ4n) is 3.44. The molecule has 10 heteroatoms. The summed E-state index contributed by atoms with van der Waals surface area (Å²) in [6, 6.07) is 1.10. The molecule has 0 radical (unpaired) electrons. The number of fused-ring (bicyclic) bond motifs is 1. The van der Waals surface area contributed by atoms with Crippen LogP contribution in [-0.4, -0.2) is 50.4 Å². The maximum Gasteiger partial charge on any atom is 0.274 e. The van der Waals surface area contributed by atoms with E-state index in [9.17, 15) is 9.18 Å². The van der Waals surface area contributed by atoms with Crippen LogP contribution in [0.25, 0.3) is 10.3 Å². The Labute approximate surface area is 171 Å². The SMILES string of the molecule is Cc1nc2nc(NC(C)c3cncc(F)c3)nc(C(=O)N3CC[C@@H](CN)C3)c2s1. The number of likely N-dealkylation sites (tertiary alicyclic amines) is 1. The van der Waals surface area contributed by atoms with Gasteiger partial charge >= 0.3 is 0 Å². The summed E-state index contributed by atoms with van der Waals surface area (Å²) >= 11 is 1.40. The highest BCUT2D eigenvalue weighted by molar-refractivity contribution is 7.18. The summed E-state index contributed by atoms with van der Waals surface area (Å²) in [5.74, 6) is 0.0391. The maximum atomic E-state index is 13.5. The molecule has 0 saturated carbocycles. The zero-order valence-electron chi connectivity index (χ0n) is 16.2. The number of aromatic nitrogens is 4. The first kappa shape index (κ1) is 19.6. The second-order valence-corrected chi connectivity index (χ2v) is 8.43. The van der Waals surface area contributed by atoms with Gasteiger partial charge in [0.15, 0.2) is 11.3 Å². The number of nitrogens with one attached hydrogen (secondary N) is 1. The maximum absolute atomic E-state index is 13.5. The molecule has 8 nitrogen and oxygen atoms in total. The summed E-state index contributed by atoms with van der Waals surface area (Å²) < 4.78 is 14.2. The predicted molar refractivity (Wildman–Crippen MR) is 109 cm³/mol. The molecule has 3 N–H and O–H groups in total. The van der Waals surface area contributed by atoms with E-state index in [4.69, 9.17) is 5.73 Å². The molecule has 3 aromatic heterocycles. The van der Waals surface area contributed by atoms with Crippen LogP contribution in [-0.2, 0) is 0 Å². The molecule has 1 aliphatic heterocycles. The van der Waals surface area contributed by atoms with Crippen molar-refractivity contribution in [1.29, 1.82) is 0 Å². The van der Waals surface area contributed by atoms with Gasteiger partial charge in [-0.15, -0.1) is 11.3 Å². The van der Waals surface area contributed by atoms with Crippen molar-refractivity contribution in [1.82, 2.24) is 24.8 Å². The number of pyridine rings is 1. The topological polar surface area (TPSA) is 110 Å². The molecule has 4 heterocycles. The molecule has 152 valence electrons. The molecule has 1 fully saturated rings. The Morgan fingerprint density at radius 1 is 1.41 bits per heavy atom. The summed E-state index contributed by atoms with van der Waals surface area (Å²) in [4.78, 5) is 32.2. The number of halogens is 1. The number of nitrogens with zero attached hydrogens (tertiary/aromatic N) is 5. The monoisotopic (exact) mass is 415 g/mol. The van der Waals surface area contributed by atoms with Gasteiger partial charge in [-0.2, -0.15) is 4.98 Å². The Kier molecular flexibility index (Phi) is 5.37. The van der Waals surface area contributed by atoms with Crippen molar-refractivity contribution in [3.8, 4) is 0 Å². The Balaban J connectivity index is 1.66. The number of hydrogen-bond acceptors (Lipinski definition) is 8. The molecule has 4 rings (SSSR count). The van der Waals surface area contributed by atoms with E-state index in [1.807, 2.05) is 13.8 Å². The van der Waals surface area contributed by atoms with Crippen LogP contribution in [0.3, 0.4) is 0 Å². The third-order valence-corrected chi connectivity index (χ3v) is 6.01. The Morgan fingerprint density at radius 2 is 2.24 bits per heavy atom. The van der Waals surface area contributed by atoms with Gasteiger partial charge in [-0.1, -0.05) is 0 Å². The molecular weight excluding hydrogens is 393 g/mol. The highest BCUT2D eigenvalue weighted by atomic mass is 32.1. The number of thiazole rings is 1. The molecule has 0 aromatic carbocycles. The van der Waals surface area contributed by atoms with Crippen molar-refractivity contribution in [2.45, 2.75) is 26.3 Å². The zero-order chi connectivity index (χ0) is 20.5. The van der Waals surface area contributed by atoms with E-state index in [1.54, 1.807) is 11.1 Å². The van der Waals surface area contributed by atoms with Gasteiger partial charge in [0.05, 0.1) is 17.2 Å². The van der Waals surface area contributed by atoms with Crippen LogP contribution in [0, 0.1) is 18.7 Å². The molecule has 2 atom stereocenters. The largest absolute Gasteiger partial charge is 0.348 e. The van der Waals surface area contributed by atoms with E-state index in [2.05, 4.69) is 25.3 Å². The van der Waals surface area contributed by atoms with Gasteiger partial charge in [0, 0.05) is 19.3 Å². The summed E-state index contributed by atoms with van der Waals surface area (Å²) in [6.07, 6.45) is 3.63. The first-order chi connectivity index (χ1) is 13.9. The van der Waals surface area contributed by atoms with Gasteiger partial charge in [-0.05, 0) is 44.4 Å². The Hall–Kier alpha value is -2.72. The van der Waals surface area contributed by atoms with E-state index < -0.39 is 5.82 Å². The standard InChI is InChI=1S/C19H22FN7OS/c1-10(13-5-14(20)8-22-7-13)23-19-25-15(16-17(26-19)24-11(2)29-16)18(28)27-4-3-12(6-21)9-27/h5,7-8,10,12H,3-4,6,9,21H2,1-2H3,(H,23,25,26)/t10?,12-/m0/s1. The van der Waals surface area contributed by atoms with Crippen molar-refractivity contribution in [2.24, 2.45) is 11.7 Å². The lowest BCUT2D eigenvalue weighted by Gasteiger charge is -2.18. The summed E-state index contributed by atoms with van der Waals surface area (Å²) in [5, 5.41) is 3.95. The average molecular weight is 415 g/mol. The first-order valence-corrected chi connectivity index (χ1v) is 10.3. The molecule has 0 bridgehead atoms. The van der Waals surface area contributed by atoms with Crippen molar-refractivity contribution in [2.75, 3.05) is 25.0 Å². The van der Waals surface area contributed by atoms with Gasteiger partial charge < -0.3 is 16.0 Å². The van der Waals surface area contributed by atoms with E-state index in [0.717, 1.165) is 17.6 Å². The molecule has 1 saturated heterocycles. The lowest BCUT2D eigenvalue weighted by molar-refractivity contribution is 0.0784. The summed E-state index contributed by atoms with van der Waals surface area (Å²) in [5.41, 5.74) is 7.23. The predicted octanol–water partition coefficient (Wildman–Crippen LogP) is 2.52. The average Bonchev–Trinajstić information content (AvgIpc) is 3.32. The van der Waals surface area contributed by atoms with Crippen LogP contribution in [0.1, 0.15) is 40.4 Å². The fourth-order valence-corrected chi connectivity index (χ4v) is 4.28. The van der Waals surface area contributed by atoms with E-state index in [-0.39, 0.29) is 17.9 Å². The third-order valence-electron chi connectivity index (χ3n) is 5.04. The second kappa shape index (κ2) is 7.96. The number of carbonyl (C=O) groups is 1. The van der Waals surface area contributed by atoms with Gasteiger partial charge in [0.2, 0.25) is 5.95 Å². The minimum absolute atomic E-state index is 0.139. The molecule has 29 heavy (non-hydrogen) atoms. The van der Waals surface area contributed by atoms with Crippen LogP contribution in [0.4, 0.5) is 10.3 Å². The fraction of sp³-hybridized carbons (Fsp3) is 0.421. The second-order valence-electron chi connectivity index (χ2n) is 7.23. The van der Waals surface area contributed by atoms with Gasteiger partial charge in [0.25, 0.3) is 5.91 Å². The molecular formula is C19H22FN7OS. The minimum atomic E-state index is -0.415. The third kappa shape index (κ3) is 4.03. The molecule has 0 spiro atoms. The molecule has 0 aliphatic carbocycles. The highest BCUT2D eigenvalue weighted by Gasteiger charge is 2.29. The van der Waals surface area contributed by atoms with Crippen molar-refractivity contribution in [3.05, 3.63) is 40.5 Å². The molecule has 1 aliphatic rings. The quantitative estimate of drug-likeness (QED) is 0.659. The number of amides is 1. The molecule has 3 aromatic rings. The van der Waals surface area contributed by atoms with Crippen LogP contribution < -0.4 is 11.1 Å². The smallest absolute Gasteiger partial charge is 0.274 e. The Bertz CT molecular complexity index is 1060. The van der Waals surface area contributed by atoms with Gasteiger partial charge in [-0.25, -0.2) is 14.4 Å². The van der Waals surface area contributed by atoms with Crippen molar-refractivity contribution in [3.63, 3.8) is 0 Å². The van der Waals surface area contributed by atoms with Crippen LogP contribution in [0.5, 0.6) is 0 Å². The first-order valence-electron chi connectivity index (χ1n) is 9.46. The minimum Gasteiger partial charge on any atom is -0.348 e. The molecule has 1 unspecified atom stereocenters. The number of aryl methyl sites for hydroxylation is 1. The van der Waals surface area contributed by atoms with Gasteiger partial charge in [-0.3, -0.25) is 9.78 Å².